The van der Waals surface area contributed by atoms with Crippen LogP contribution in [0.5, 0.6) is 5.75 Å². The highest BCUT2D eigenvalue weighted by Gasteiger charge is 2.09. The quantitative estimate of drug-likeness (QED) is 0.697. The molecule has 0 bridgehead atoms. The van der Waals surface area contributed by atoms with E-state index in [9.17, 15) is 9.59 Å². The van der Waals surface area contributed by atoms with Gasteiger partial charge in [0, 0.05) is 18.2 Å². The molecule has 25 heavy (non-hydrogen) atoms. The first-order valence-electron chi connectivity index (χ1n) is 7.29. The average Bonchev–Trinajstić information content (AvgIpc) is 2.57. The van der Waals surface area contributed by atoms with Crippen molar-refractivity contribution in [1.29, 1.82) is 0 Å². The van der Waals surface area contributed by atoms with Gasteiger partial charge in [0.2, 0.25) is 5.91 Å². The van der Waals surface area contributed by atoms with Crippen molar-refractivity contribution in [2.24, 2.45) is 5.73 Å². The van der Waals surface area contributed by atoms with Gasteiger partial charge in [-0.1, -0.05) is 46.9 Å². The summed E-state index contributed by atoms with van der Waals surface area (Å²) in [6.45, 7) is 0.179. The van der Waals surface area contributed by atoms with E-state index < -0.39 is 5.91 Å². The number of amides is 2. The van der Waals surface area contributed by atoms with Crippen molar-refractivity contribution in [3.63, 3.8) is 0 Å². The van der Waals surface area contributed by atoms with E-state index >= 15 is 0 Å². The number of carbonyl (C=O) groups is 2. The Bertz CT molecular complexity index is 797. The third-order valence-electron chi connectivity index (χ3n) is 3.28. The lowest BCUT2D eigenvalue weighted by Gasteiger charge is -2.10. The number of hydrogen-bond donors (Lipinski definition) is 2. The van der Waals surface area contributed by atoms with Gasteiger partial charge in [-0.05, 0) is 30.2 Å². The van der Waals surface area contributed by atoms with Gasteiger partial charge < -0.3 is 15.8 Å². The van der Waals surface area contributed by atoms with Gasteiger partial charge in [0.25, 0.3) is 5.91 Å². The number of hydrogen-bond acceptors (Lipinski definition) is 3. The number of halogens is 3. The average molecular weight is 402 g/mol. The fraction of sp³-hybridized carbons (Fsp3) is 0.176. The standard InChI is InChI=1S/C17H15Cl3N2O3/c18-12-7-14(20)15(8-13(12)19)25-9-16(23)22-5-4-10-2-1-3-11(6-10)17(21)24/h1-3,6-8H,4-5,9H2,(H2,21,24)(H,22,23). The van der Waals surface area contributed by atoms with Crippen LogP contribution in [0.4, 0.5) is 0 Å². The zero-order valence-electron chi connectivity index (χ0n) is 13.0. The smallest absolute Gasteiger partial charge is 0.257 e. The molecule has 0 saturated carbocycles. The first kappa shape index (κ1) is 19.4. The summed E-state index contributed by atoms with van der Waals surface area (Å²) in [5.74, 6) is -0.522. The van der Waals surface area contributed by atoms with Gasteiger partial charge in [0.05, 0.1) is 15.1 Å². The van der Waals surface area contributed by atoms with Gasteiger partial charge in [0.15, 0.2) is 6.61 Å². The van der Waals surface area contributed by atoms with Crippen LogP contribution in [-0.4, -0.2) is 25.0 Å². The molecule has 2 aromatic carbocycles. The van der Waals surface area contributed by atoms with E-state index in [0.717, 1.165) is 5.56 Å². The minimum Gasteiger partial charge on any atom is -0.482 e. The summed E-state index contributed by atoms with van der Waals surface area (Å²) in [4.78, 5) is 23.0. The maximum atomic E-state index is 11.8. The Labute approximate surface area is 160 Å². The molecule has 0 aromatic heterocycles. The Hall–Kier alpha value is -1.95. The van der Waals surface area contributed by atoms with Crippen molar-refractivity contribution in [2.45, 2.75) is 6.42 Å². The molecule has 2 rings (SSSR count). The van der Waals surface area contributed by atoms with Crippen molar-refractivity contribution in [1.82, 2.24) is 5.32 Å². The highest BCUT2D eigenvalue weighted by molar-refractivity contribution is 6.43. The molecule has 2 amide bonds. The summed E-state index contributed by atoms with van der Waals surface area (Å²) >= 11 is 17.7. The third-order valence-corrected chi connectivity index (χ3v) is 4.30. The molecule has 2 aromatic rings. The van der Waals surface area contributed by atoms with Gasteiger partial charge in [-0.3, -0.25) is 9.59 Å². The number of benzene rings is 2. The van der Waals surface area contributed by atoms with E-state index in [4.69, 9.17) is 45.3 Å². The first-order chi connectivity index (χ1) is 11.9. The third kappa shape index (κ3) is 5.81. The molecule has 132 valence electrons. The molecule has 8 heteroatoms. The van der Waals surface area contributed by atoms with Crippen molar-refractivity contribution >= 4 is 46.6 Å². The predicted molar refractivity (Wildman–Crippen MR) is 98.6 cm³/mol. The summed E-state index contributed by atoms with van der Waals surface area (Å²) in [5, 5.41) is 3.58. The summed E-state index contributed by atoms with van der Waals surface area (Å²) in [6, 6.07) is 9.83. The van der Waals surface area contributed by atoms with Crippen LogP contribution in [0, 0.1) is 0 Å². The van der Waals surface area contributed by atoms with Gasteiger partial charge in [0.1, 0.15) is 5.75 Å². The zero-order chi connectivity index (χ0) is 18.4. The van der Waals surface area contributed by atoms with Gasteiger partial charge in [-0.2, -0.15) is 0 Å². The number of carbonyl (C=O) groups excluding carboxylic acids is 2. The Morgan fingerprint density at radius 1 is 1.04 bits per heavy atom. The van der Waals surface area contributed by atoms with Crippen LogP contribution in [0.25, 0.3) is 0 Å². The molecule has 0 aliphatic carbocycles. The summed E-state index contributed by atoms with van der Waals surface area (Å²) in [6.07, 6.45) is 0.556. The molecule has 0 aliphatic rings. The first-order valence-corrected chi connectivity index (χ1v) is 8.43. The molecule has 0 atom stereocenters. The zero-order valence-corrected chi connectivity index (χ0v) is 15.3. The minimum atomic E-state index is -0.488. The van der Waals surface area contributed by atoms with E-state index in [1.165, 1.54) is 12.1 Å². The lowest BCUT2D eigenvalue weighted by atomic mass is 10.1. The highest BCUT2D eigenvalue weighted by atomic mass is 35.5. The normalized spacial score (nSPS) is 10.4. The maximum absolute atomic E-state index is 11.8. The number of rotatable bonds is 7. The van der Waals surface area contributed by atoms with Crippen molar-refractivity contribution in [3.8, 4) is 5.75 Å². The second kappa shape index (κ2) is 8.94. The molecule has 0 spiro atoms. The number of primary amides is 1. The second-order valence-electron chi connectivity index (χ2n) is 5.15. The van der Waals surface area contributed by atoms with Crippen LogP contribution in [0.1, 0.15) is 15.9 Å². The second-order valence-corrected chi connectivity index (χ2v) is 6.37. The van der Waals surface area contributed by atoms with Crippen LogP contribution >= 0.6 is 34.8 Å². The number of nitrogens with two attached hydrogens (primary N) is 1. The molecule has 0 radical (unpaired) electrons. The molecular weight excluding hydrogens is 387 g/mol. The minimum absolute atomic E-state index is 0.209. The largest absolute Gasteiger partial charge is 0.482 e. The Kier molecular flexibility index (Phi) is 6.93. The van der Waals surface area contributed by atoms with E-state index in [2.05, 4.69) is 5.32 Å². The summed E-state index contributed by atoms with van der Waals surface area (Å²) in [5.41, 5.74) is 6.56. The molecule has 0 fully saturated rings. The van der Waals surface area contributed by atoms with Gasteiger partial charge >= 0.3 is 0 Å². The Morgan fingerprint density at radius 3 is 2.48 bits per heavy atom. The maximum Gasteiger partial charge on any atom is 0.257 e. The summed E-state index contributed by atoms with van der Waals surface area (Å²) in [7, 11) is 0. The number of ether oxygens (including phenoxy) is 1. The van der Waals surface area contributed by atoms with E-state index in [1.807, 2.05) is 6.07 Å². The van der Waals surface area contributed by atoms with Crippen LogP contribution in [0.3, 0.4) is 0 Å². The monoisotopic (exact) mass is 400 g/mol. The molecular formula is C17H15Cl3N2O3. The fourth-order valence-corrected chi connectivity index (χ4v) is 2.63. The van der Waals surface area contributed by atoms with E-state index in [1.54, 1.807) is 18.2 Å². The topological polar surface area (TPSA) is 81.4 Å². The van der Waals surface area contributed by atoms with Crippen LogP contribution in [0.2, 0.25) is 15.1 Å². The fourth-order valence-electron chi connectivity index (χ4n) is 2.04. The molecule has 5 nitrogen and oxygen atoms in total. The van der Waals surface area contributed by atoms with Crippen LogP contribution < -0.4 is 15.8 Å². The van der Waals surface area contributed by atoms with Gasteiger partial charge in [-0.25, -0.2) is 0 Å². The lowest BCUT2D eigenvalue weighted by molar-refractivity contribution is -0.123. The Balaban J connectivity index is 1.80. The Morgan fingerprint density at radius 2 is 1.76 bits per heavy atom. The molecule has 3 N–H and O–H groups in total. The molecule has 0 aliphatic heterocycles. The van der Waals surface area contributed by atoms with E-state index in [-0.39, 0.29) is 28.3 Å². The SMILES string of the molecule is NC(=O)c1cccc(CCNC(=O)COc2cc(Cl)c(Cl)cc2Cl)c1. The van der Waals surface area contributed by atoms with Crippen molar-refractivity contribution < 1.29 is 14.3 Å². The van der Waals surface area contributed by atoms with E-state index in [0.29, 0.717) is 23.6 Å². The van der Waals surface area contributed by atoms with Crippen molar-refractivity contribution in [3.05, 3.63) is 62.6 Å². The molecule has 0 unspecified atom stereocenters. The van der Waals surface area contributed by atoms with Crippen LogP contribution in [-0.2, 0) is 11.2 Å². The predicted octanol–water partition coefficient (Wildman–Crippen LogP) is 3.48. The lowest BCUT2D eigenvalue weighted by Crippen LogP contribution is -2.30. The van der Waals surface area contributed by atoms with Crippen LogP contribution in [0.15, 0.2) is 36.4 Å². The summed E-state index contributed by atoms with van der Waals surface area (Å²) < 4.78 is 5.34. The molecule has 0 saturated heterocycles. The number of nitrogens with one attached hydrogen (secondary N) is 1. The van der Waals surface area contributed by atoms with Gasteiger partial charge in [-0.15, -0.1) is 0 Å². The highest BCUT2D eigenvalue weighted by Crippen LogP contribution is 2.33. The van der Waals surface area contributed by atoms with Crippen molar-refractivity contribution in [2.75, 3.05) is 13.2 Å². The molecule has 0 heterocycles.